The first-order valence-electron chi connectivity index (χ1n) is 3.16. The molecule has 0 aliphatic rings. The number of rotatable bonds is 1. The Morgan fingerprint density at radius 2 is 2.45 bits per heavy atom. The standard InChI is InChI=1S/C6H7N5/c7-5-3-11(4-8-5)6-1-2-9-10-6/h1-4H,7H2,(H,9,10). The molecular formula is C6H7N5. The monoisotopic (exact) mass is 149 g/mol. The normalized spacial score (nSPS) is 10.2. The van der Waals surface area contributed by atoms with E-state index in [0.29, 0.717) is 5.82 Å². The Hall–Kier alpha value is -1.78. The van der Waals surface area contributed by atoms with Crippen molar-refractivity contribution in [2.24, 2.45) is 0 Å². The molecule has 0 aliphatic heterocycles. The van der Waals surface area contributed by atoms with E-state index in [1.807, 2.05) is 6.07 Å². The molecule has 0 saturated carbocycles. The van der Waals surface area contributed by atoms with E-state index in [1.165, 1.54) is 0 Å². The van der Waals surface area contributed by atoms with Crippen molar-refractivity contribution in [3.63, 3.8) is 0 Å². The van der Waals surface area contributed by atoms with Crippen molar-refractivity contribution in [2.45, 2.75) is 0 Å². The van der Waals surface area contributed by atoms with Gasteiger partial charge in [-0.2, -0.15) is 5.10 Å². The zero-order valence-corrected chi connectivity index (χ0v) is 5.73. The average Bonchev–Trinajstić information content (AvgIpc) is 2.55. The van der Waals surface area contributed by atoms with Gasteiger partial charge < -0.3 is 5.73 Å². The summed E-state index contributed by atoms with van der Waals surface area (Å²) in [5.41, 5.74) is 5.41. The van der Waals surface area contributed by atoms with Crippen LogP contribution in [0, 0.1) is 0 Å². The maximum Gasteiger partial charge on any atom is 0.159 e. The number of hydrogen-bond donors (Lipinski definition) is 2. The van der Waals surface area contributed by atoms with Crippen molar-refractivity contribution in [2.75, 3.05) is 5.73 Å². The third kappa shape index (κ3) is 0.958. The van der Waals surface area contributed by atoms with Gasteiger partial charge in [0.25, 0.3) is 0 Å². The molecule has 2 aromatic heterocycles. The predicted octanol–water partition coefficient (Wildman–Crippen LogP) is 0.178. The molecule has 5 heteroatoms. The lowest BCUT2D eigenvalue weighted by atomic mass is 10.6. The number of aromatic amines is 1. The van der Waals surface area contributed by atoms with Crippen molar-refractivity contribution in [1.82, 2.24) is 19.7 Å². The molecular weight excluding hydrogens is 142 g/mol. The van der Waals surface area contributed by atoms with Gasteiger partial charge in [-0.3, -0.25) is 9.67 Å². The first-order valence-corrected chi connectivity index (χ1v) is 3.16. The van der Waals surface area contributed by atoms with E-state index in [4.69, 9.17) is 5.73 Å². The molecule has 0 spiro atoms. The van der Waals surface area contributed by atoms with Gasteiger partial charge >= 0.3 is 0 Å². The molecule has 0 saturated heterocycles. The van der Waals surface area contributed by atoms with E-state index in [9.17, 15) is 0 Å². The Bertz CT molecular complexity index is 333. The molecule has 0 aromatic carbocycles. The molecule has 0 atom stereocenters. The first kappa shape index (κ1) is 5.96. The molecule has 11 heavy (non-hydrogen) atoms. The van der Waals surface area contributed by atoms with E-state index in [1.54, 1.807) is 23.3 Å². The van der Waals surface area contributed by atoms with Crippen LogP contribution in [-0.2, 0) is 0 Å². The molecule has 2 rings (SSSR count). The molecule has 3 N–H and O–H groups in total. The fourth-order valence-corrected chi connectivity index (χ4v) is 0.860. The average molecular weight is 149 g/mol. The second kappa shape index (κ2) is 2.12. The smallest absolute Gasteiger partial charge is 0.159 e. The van der Waals surface area contributed by atoms with Gasteiger partial charge in [-0.25, -0.2) is 4.98 Å². The molecule has 2 aromatic rings. The summed E-state index contributed by atoms with van der Waals surface area (Å²) in [6.07, 6.45) is 5.06. The maximum absolute atomic E-state index is 5.41. The van der Waals surface area contributed by atoms with Crippen LogP contribution in [-0.4, -0.2) is 19.7 Å². The van der Waals surface area contributed by atoms with Crippen LogP contribution in [0.1, 0.15) is 0 Å². The molecule has 2 heterocycles. The van der Waals surface area contributed by atoms with Gasteiger partial charge in [0.05, 0.1) is 6.20 Å². The summed E-state index contributed by atoms with van der Waals surface area (Å²) in [7, 11) is 0. The van der Waals surface area contributed by atoms with Crippen LogP contribution >= 0.6 is 0 Å². The Balaban J connectivity index is 2.45. The van der Waals surface area contributed by atoms with Crippen LogP contribution in [0.3, 0.4) is 0 Å². The molecule has 0 amide bonds. The van der Waals surface area contributed by atoms with Gasteiger partial charge in [-0.15, -0.1) is 0 Å². The number of H-pyrrole nitrogens is 1. The van der Waals surface area contributed by atoms with E-state index in [0.717, 1.165) is 5.82 Å². The lowest BCUT2D eigenvalue weighted by Gasteiger charge is -1.90. The summed E-state index contributed by atoms with van der Waals surface area (Å²) in [4.78, 5) is 3.86. The van der Waals surface area contributed by atoms with Crippen LogP contribution < -0.4 is 5.73 Å². The predicted molar refractivity (Wildman–Crippen MR) is 40.1 cm³/mol. The van der Waals surface area contributed by atoms with Crippen LogP contribution in [0.2, 0.25) is 0 Å². The SMILES string of the molecule is Nc1cn(-c2cc[nH]n2)cn1. The van der Waals surface area contributed by atoms with Gasteiger partial charge in [0.15, 0.2) is 5.82 Å². The van der Waals surface area contributed by atoms with E-state index in [2.05, 4.69) is 15.2 Å². The number of nitrogens with zero attached hydrogens (tertiary/aromatic N) is 3. The minimum Gasteiger partial charge on any atom is -0.382 e. The summed E-state index contributed by atoms with van der Waals surface area (Å²) in [6, 6.07) is 1.83. The topological polar surface area (TPSA) is 72.5 Å². The Morgan fingerprint density at radius 3 is 3.00 bits per heavy atom. The molecule has 0 unspecified atom stereocenters. The number of anilines is 1. The van der Waals surface area contributed by atoms with Gasteiger partial charge in [0.2, 0.25) is 0 Å². The fourth-order valence-electron chi connectivity index (χ4n) is 0.860. The minimum atomic E-state index is 0.494. The van der Waals surface area contributed by atoms with Gasteiger partial charge in [0.1, 0.15) is 12.1 Å². The van der Waals surface area contributed by atoms with E-state index >= 15 is 0 Å². The van der Waals surface area contributed by atoms with E-state index in [-0.39, 0.29) is 0 Å². The van der Waals surface area contributed by atoms with Crippen molar-refractivity contribution in [3.8, 4) is 5.82 Å². The van der Waals surface area contributed by atoms with Crippen LogP contribution in [0.5, 0.6) is 0 Å². The summed E-state index contributed by atoms with van der Waals surface area (Å²) in [6.45, 7) is 0. The highest BCUT2D eigenvalue weighted by Crippen LogP contribution is 2.04. The number of nitrogens with one attached hydrogen (secondary N) is 1. The van der Waals surface area contributed by atoms with Crippen LogP contribution in [0.4, 0.5) is 5.82 Å². The highest BCUT2D eigenvalue weighted by Gasteiger charge is 1.97. The minimum absolute atomic E-state index is 0.494. The number of aromatic nitrogens is 4. The Labute approximate surface area is 62.9 Å². The summed E-state index contributed by atoms with van der Waals surface area (Å²) in [5, 5.41) is 6.64. The molecule has 0 fully saturated rings. The summed E-state index contributed by atoms with van der Waals surface area (Å²) >= 11 is 0. The van der Waals surface area contributed by atoms with Crippen molar-refractivity contribution in [1.29, 1.82) is 0 Å². The highest BCUT2D eigenvalue weighted by atomic mass is 15.2. The first-order chi connectivity index (χ1) is 5.36. The van der Waals surface area contributed by atoms with Gasteiger partial charge in [-0.05, 0) is 0 Å². The van der Waals surface area contributed by atoms with Gasteiger partial charge in [-0.1, -0.05) is 0 Å². The van der Waals surface area contributed by atoms with Crippen LogP contribution in [0.15, 0.2) is 24.8 Å². The quantitative estimate of drug-likeness (QED) is 0.607. The second-order valence-electron chi connectivity index (χ2n) is 2.14. The summed E-state index contributed by atoms with van der Waals surface area (Å²) < 4.78 is 1.74. The van der Waals surface area contributed by atoms with Gasteiger partial charge in [0, 0.05) is 12.3 Å². The number of nitrogens with two attached hydrogens (primary N) is 1. The van der Waals surface area contributed by atoms with E-state index < -0.39 is 0 Å². The molecule has 56 valence electrons. The zero-order valence-electron chi connectivity index (χ0n) is 5.73. The number of imidazole rings is 1. The molecule has 0 radical (unpaired) electrons. The van der Waals surface area contributed by atoms with Crippen molar-refractivity contribution >= 4 is 5.82 Å². The third-order valence-corrected chi connectivity index (χ3v) is 1.35. The second-order valence-corrected chi connectivity index (χ2v) is 2.14. The number of nitrogen functional groups attached to an aromatic ring is 1. The Morgan fingerprint density at radius 1 is 1.55 bits per heavy atom. The lowest BCUT2D eigenvalue weighted by Crippen LogP contribution is -1.89. The lowest BCUT2D eigenvalue weighted by molar-refractivity contribution is 0.956. The molecule has 0 bridgehead atoms. The third-order valence-electron chi connectivity index (χ3n) is 1.35. The fraction of sp³-hybridized carbons (Fsp3) is 0. The maximum atomic E-state index is 5.41. The largest absolute Gasteiger partial charge is 0.382 e. The summed E-state index contributed by atoms with van der Waals surface area (Å²) in [5.74, 6) is 1.28. The molecule has 0 aliphatic carbocycles. The van der Waals surface area contributed by atoms with Crippen LogP contribution in [0.25, 0.3) is 5.82 Å². The van der Waals surface area contributed by atoms with Crippen molar-refractivity contribution < 1.29 is 0 Å². The van der Waals surface area contributed by atoms with Crippen molar-refractivity contribution in [3.05, 3.63) is 24.8 Å². The Kier molecular flexibility index (Phi) is 1.15. The number of hydrogen-bond acceptors (Lipinski definition) is 3. The zero-order chi connectivity index (χ0) is 7.68. The molecule has 5 nitrogen and oxygen atoms in total. The highest BCUT2D eigenvalue weighted by molar-refractivity contribution is 5.29.